The molecule has 4 aromatic heterocycles. The first kappa shape index (κ1) is 19.0. The van der Waals surface area contributed by atoms with Crippen molar-refractivity contribution in [1.29, 1.82) is 0 Å². The topological polar surface area (TPSA) is 179 Å². The van der Waals surface area contributed by atoms with Crippen LogP contribution in [0.15, 0.2) is 67.0 Å². The zero-order chi connectivity index (χ0) is 22.2. The van der Waals surface area contributed by atoms with Crippen LogP contribution in [0.4, 0.5) is 0 Å². The molecule has 0 spiro atoms. The van der Waals surface area contributed by atoms with Gasteiger partial charge in [0, 0.05) is 11.1 Å². The molecule has 1 aromatic carbocycles. The highest BCUT2D eigenvalue weighted by molar-refractivity contribution is 5.85. The minimum Gasteiger partial charge on any atom is -0.476 e. The molecule has 0 aliphatic carbocycles. The van der Waals surface area contributed by atoms with Gasteiger partial charge in [-0.25, -0.2) is 29.5 Å². The fourth-order valence-electron chi connectivity index (χ4n) is 2.77. The van der Waals surface area contributed by atoms with E-state index in [4.69, 9.17) is 27.9 Å². The Bertz CT molecular complexity index is 1350. The molecule has 4 heterocycles. The molecule has 5 rings (SSSR count). The first-order chi connectivity index (χ1) is 15.5. The largest absolute Gasteiger partial charge is 0.476 e. The fourth-order valence-corrected chi connectivity index (χ4v) is 2.77. The number of benzene rings is 1. The predicted octanol–water partition coefficient (Wildman–Crippen LogP) is 3.70. The number of carboxylic acid groups (broad SMARTS) is 2. The van der Waals surface area contributed by atoms with Crippen molar-refractivity contribution in [2.75, 3.05) is 0 Å². The number of nitrogens with zero attached hydrogens (tertiary/aromatic N) is 4. The number of carbonyl (C=O) groups is 2. The molecule has 0 aliphatic heterocycles. The Balaban J connectivity index is 1.42. The highest BCUT2D eigenvalue weighted by atomic mass is 16.4. The second-order valence-corrected chi connectivity index (χ2v) is 6.34. The summed E-state index contributed by atoms with van der Waals surface area (Å²) in [4.78, 5) is 38.1. The van der Waals surface area contributed by atoms with E-state index in [1.54, 1.807) is 24.3 Å². The van der Waals surface area contributed by atoms with Crippen molar-refractivity contribution in [2.24, 2.45) is 0 Å². The van der Waals surface area contributed by atoms with Crippen LogP contribution in [0.3, 0.4) is 0 Å². The molecule has 0 saturated carbocycles. The number of hydrogen-bond acceptors (Lipinski definition) is 10. The van der Waals surface area contributed by atoms with Gasteiger partial charge in [0.15, 0.2) is 22.8 Å². The Morgan fingerprint density at radius 2 is 1.06 bits per heavy atom. The number of carboxylic acids is 2. The van der Waals surface area contributed by atoms with Gasteiger partial charge in [0.1, 0.15) is 25.1 Å². The number of aromatic carboxylic acids is 2. The van der Waals surface area contributed by atoms with E-state index in [9.17, 15) is 9.59 Å². The third kappa shape index (κ3) is 3.41. The fraction of sp³-hybridized carbons (Fsp3) is 0. The van der Waals surface area contributed by atoms with Gasteiger partial charge in [0.05, 0.1) is 0 Å². The summed E-state index contributed by atoms with van der Waals surface area (Å²) in [5.41, 5.74) is 1.15. The lowest BCUT2D eigenvalue weighted by Crippen LogP contribution is -1.95. The summed E-state index contributed by atoms with van der Waals surface area (Å²) in [6, 6.07) is 6.93. The van der Waals surface area contributed by atoms with Crippen molar-refractivity contribution in [3.05, 3.63) is 60.7 Å². The Labute approximate surface area is 176 Å². The number of rotatable bonds is 6. The molecule has 2 N–H and O–H groups in total. The molecule has 0 radical (unpaired) electrons. The molecule has 0 saturated heterocycles. The lowest BCUT2D eigenvalue weighted by Gasteiger charge is -1.98. The van der Waals surface area contributed by atoms with Gasteiger partial charge in [0.2, 0.25) is 23.6 Å². The van der Waals surface area contributed by atoms with Crippen molar-refractivity contribution >= 4 is 11.9 Å². The normalized spacial score (nSPS) is 11.0. The van der Waals surface area contributed by atoms with Crippen LogP contribution in [0.1, 0.15) is 21.0 Å². The van der Waals surface area contributed by atoms with Gasteiger partial charge < -0.3 is 27.9 Å². The summed E-state index contributed by atoms with van der Waals surface area (Å²) in [5, 5.41) is 17.9. The van der Waals surface area contributed by atoms with Crippen LogP contribution in [0.25, 0.3) is 46.1 Å². The van der Waals surface area contributed by atoms with Crippen LogP contribution in [-0.2, 0) is 0 Å². The van der Waals surface area contributed by atoms with Crippen molar-refractivity contribution in [3.63, 3.8) is 0 Å². The lowest BCUT2D eigenvalue weighted by atomic mass is 10.1. The van der Waals surface area contributed by atoms with Gasteiger partial charge >= 0.3 is 11.9 Å². The third-order valence-corrected chi connectivity index (χ3v) is 4.25. The zero-order valence-electron chi connectivity index (χ0n) is 15.8. The van der Waals surface area contributed by atoms with Gasteiger partial charge in [-0.2, -0.15) is 0 Å². The van der Waals surface area contributed by atoms with E-state index in [1.807, 2.05) is 0 Å². The maximum Gasteiger partial charge on any atom is 0.357 e. The second-order valence-electron chi connectivity index (χ2n) is 6.34. The van der Waals surface area contributed by atoms with Gasteiger partial charge in [0.25, 0.3) is 0 Å². The van der Waals surface area contributed by atoms with Gasteiger partial charge in [-0.05, 0) is 18.2 Å². The van der Waals surface area contributed by atoms with Crippen LogP contribution in [0.5, 0.6) is 0 Å². The van der Waals surface area contributed by atoms with Gasteiger partial charge in [-0.15, -0.1) is 0 Å². The Morgan fingerprint density at radius 3 is 1.47 bits per heavy atom. The monoisotopic (exact) mass is 434 g/mol. The minimum absolute atomic E-state index is 0.0116. The zero-order valence-corrected chi connectivity index (χ0v) is 15.8. The molecule has 12 nitrogen and oxygen atoms in total. The summed E-state index contributed by atoms with van der Waals surface area (Å²) in [5.74, 6) is -1.93. The van der Waals surface area contributed by atoms with Crippen molar-refractivity contribution < 1.29 is 37.5 Å². The van der Waals surface area contributed by atoms with Crippen LogP contribution in [-0.4, -0.2) is 42.1 Å². The Morgan fingerprint density at radius 1 is 0.625 bits per heavy atom. The van der Waals surface area contributed by atoms with Crippen molar-refractivity contribution in [2.45, 2.75) is 0 Å². The molecular formula is C20H10N4O8. The van der Waals surface area contributed by atoms with Crippen LogP contribution in [0.2, 0.25) is 0 Å². The van der Waals surface area contributed by atoms with E-state index in [-0.39, 0.29) is 46.3 Å². The highest BCUT2D eigenvalue weighted by Gasteiger charge is 2.19. The van der Waals surface area contributed by atoms with E-state index in [2.05, 4.69) is 19.9 Å². The minimum atomic E-state index is -1.22. The average Bonchev–Trinajstić information content (AvgIpc) is 3.59. The van der Waals surface area contributed by atoms with Crippen molar-refractivity contribution in [3.8, 4) is 46.1 Å². The lowest BCUT2D eigenvalue weighted by molar-refractivity contribution is 0.0679. The second kappa shape index (κ2) is 7.36. The number of aromatic nitrogens is 4. The first-order valence-electron chi connectivity index (χ1n) is 8.88. The molecule has 5 aromatic rings. The quantitative estimate of drug-likeness (QED) is 0.396. The van der Waals surface area contributed by atoms with E-state index in [0.717, 1.165) is 12.5 Å². The Kier molecular flexibility index (Phi) is 4.37. The third-order valence-electron chi connectivity index (χ3n) is 4.25. The molecule has 0 amide bonds. The first-order valence-corrected chi connectivity index (χ1v) is 8.88. The molecule has 0 bridgehead atoms. The standard InChI is InChI=1S/C20H10N4O8/c25-19(26)13-7-31-17(23-13)11-5-29-15(21-11)9-2-1-3-10(4-9)16-22-12(6-30-16)18-24-14(8-32-18)20(27)28/h1-8H,(H,25,26)(H,27,28). The molecule has 0 atom stereocenters. The molecule has 0 unspecified atom stereocenters. The maximum absolute atomic E-state index is 11.0. The van der Waals surface area contributed by atoms with E-state index in [0.29, 0.717) is 11.1 Å². The molecule has 158 valence electrons. The SMILES string of the molecule is O=C(O)c1coc(-c2coc(-c3cccc(-c4nc(-c5nc(C(=O)O)co5)co4)c3)n2)n1. The van der Waals surface area contributed by atoms with Crippen LogP contribution in [0, 0.1) is 0 Å². The van der Waals surface area contributed by atoms with E-state index < -0.39 is 11.9 Å². The summed E-state index contributed by atoms with van der Waals surface area (Å²) in [6.07, 6.45) is 4.62. The molecule has 12 heteroatoms. The average molecular weight is 434 g/mol. The summed E-state index contributed by atoms with van der Waals surface area (Å²) in [7, 11) is 0. The van der Waals surface area contributed by atoms with Crippen LogP contribution >= 0.6 is 0 Å². The van der Waals surface area contributed by atoms with E-state index >= 15 is 0 Å². The summed E-state index contributed by atoms with van der Waals surface area (Å²) < 4.78 is 21.2. The summed E-state index contributed by atoms with van der Waals surface area (Å²) in [6.45, 7) is 0. The van der Waals surface area contributed by atoms with Gasteiger partial charge in [-0.3, -0.25) is 0 Å². The number of hydrogen-bond donors (Lipinski definition) is 2. The molecule has 32 heavy (non-hydrogen) atoms. The predicted molar refractivity (Wildman–Crippen MR) is 102 cm³/mol. The van der Waals surface area contributed by atoms with E-state index in [1.165, 1.54) is 12.5 Å². The van der Waals surface area contributed by atoms with Gasteiger partial charge in [-0.1, -0.05) is 6.07 Å². The Hall–Kier alpha value is -5.00. The molecular weight excluding hydrogens is 424 g/mol. The van der Waals surface area contributed by atoms with Crippen LogP contribution < -0.4 is 0 Å². The number of oxazole rings is 4. The van der Waals surface area contributed by atoms with Crippen molar-refractivity contribution in [1.82, 2.24) is 19.9 Å². The smallest absolute Gasteiger partial charge is 0.357 e. The molecule has 0 aliphatic rings. The maximum atomic E-state index is 11.0. The summed E-state index contributed by atoms with van der Waals surface area (Å²) >= 11 is 0. The highest BCUT2D eigenvalue weighted by Crippen LogP contribution is 2.29. The molecule has 0 fully saturated rings.